The molecule has 0 aromatic rings. The smallest absolute Gasteiger partial charge is 0.328 e. The minimum absolute atomic E-state index is 0.113. The summed E-state index contributed by atoms with van der Waals surface area (Å²) in [5.74, 6) is -1.64. The van der Waals surface area contributed by atoms with Crippen LogP contribution in [-0.2, 0) is 14.3 Å². The molecule has 0 aromatic heterocycles. The van der Waals surface area contributed by atoms with E-state index in [-0.39, 0.29) is 12.5 Å². The molecule has 1 amide bonds. The van der Waals surface area contributed by atoms with Crippen LogP contribution >= 0.6 is 0 Å². The fourth-order valence-electron chi connectivity index (χ4n) is 1.45. The van der Waals surface area contributed by atoms with Crippen molar-refractivity contribution < 1.29 is 24.5 Å². The molecule has 1 aliphatic heterocycles. The molecule has 0 bridgehead atoms. The predicted molar refractivity (Wildman–Crippen MR) is 50.2 cm³/mol. The van der Waals surface area contributed by atoms with Gasteiger partial charge in [-0.05, 0) is 12.8 Å². The Bertz CT molecular complexity index is 237. The maximum atomic E-state index is 11.3. The van der Waals surface area contributed by atoms with Crippen molar-refractivity contribution in [2.24, 2.45) is 0 Å². The van der Waals surface area contributed by atoms with E-state index in [1.165, 1.54) is 0 Å². The highest BCUT2D eigenvalue weighted by atomic mass is 16.5. The van der Waals surface area contributed by atoms with Gasteiger partial charge in [0.1, 0.15) is 6.04 Å². The average molecular weight is 217 g/mol. The highest BCUT2D eigenvalue weighted by molar-refractivity contribution is 5.83. The van der Waals surface area contributed by atoms with Crippen molar-refractivity contribution in [1.29, 1.82) is 0 Å². The summed E-state index contributed by atoms with van der Waals surface area (Å²) in [6.45, 7) is 0.0485. The van der Waals surface area contributed by atoms with Gasteiger partial charge in [0.15, 0.2) is 0 Å². The zero-order chi connectivity index (χ0) is 11.3. The van der Waals surface area contributed by atoms with Gasteiger partial charge in [-0.25, -0.2) is 4.79 Å². The first-order valence-corrected chi connectivity index (χ1v) is 4.88. The molecule has 0 aromatic carbocycles. The average Bonchev–Trinajstić information content (AvgIpc) is 2.66. The van der Waals surface area contributed by atoms with Gasteiger partial charge in [0.05, 0.1) is 19.1 Å². The van der Waals surface area contributed by atoms with Crippen molar-refractivity contribution in [3.63, 3.8) is 0 Å². The zero-order valence-corrected chi connectivity index (χ0v) is 8.31. The van der Waals surface area contributed by atoms with Crippen molar-refractivity contribution in [1.82, 2.24) is 5.32 Å². The molecule has 0 aliphatic carbocycles. The number of carbonyl (C=O) groups excluding carboxylic acids is 1. The van der Waals surface area contributed by atoms with E-state index in [1.807, 2.05) is 0 Å². The van der Waals surface area contributed by atoms with E-state index in [1.54, 1.807) is 0 Å². The van der Waals surface area contributed by atoms with Gasteiger partial charge in [-0.15, -0.1) is 0 Å². The maximum absolute atomic E-state index is 11.3. The van der Waals surface area contributed by atoms with E-state index in [4.69, 9.17) is 14.9 Å². The highest BCUT2D eigenvalue weighted by Gasteiger charge is 2.23. The molecule has 1 unspecified atom stereocenters. The number of carbonyl (C=O) groups is 2. The Morgan fingerprint density at radius 3 is 2.73 bits per heavy atom. The number of hydrogen-bond donors (Lipinski definition) is 3. The van der Waals surface area contributed by atoms with Gasteiger partial charge in [0.25, 0.3) is 0 Å². The summed E-state index contributed by atoms with van der Waals surface area (Å²) in [4.78, 5) is 21.8. The number of amides is 1. The van der Waals surface area contributed by atoms with Gasteiger partial charge in [-0.3, -0.25) is 4.79 Å². The van der Waals surface area contributed by atoms with Crippen LogP contribution in [0.1, 0.15) is 19.3 Å². The predicted octanol–water partition coefficient (Wildman–Crippen LogP) is -0.883. The minimum Gasteiger partial charge on any atom is -0.480 e. The monoisotopic (exact) mass is 217 g/mol. The molecular formula is C9H15NO5. The second-order valence-corrected chi connectivity index (χ2v) is 3.48. The lowest BCUT2D eigenvalue weighted by molar-refractivity contribution is -0.143. The summed E-state index contributed by atoms with van der Waals surface area (Å²) in [5.41, 5.74) is 0. The summed E-state index contributed by atoms with van der Waals surface area (Å²) < 4.78 is 5.23. The fourth-order valence-corrected chi connectivity index (χ4v) is 1.45. The lowest BCUT2D eigenvalue weighted by atomic mass is 10.1. The molecule has 6 nitrogen and oxygen atoms in total. The normalized spacial score (nSPS) is 22.3. The SMILES string of the molecule is O=C(CC1CCCO1)N[C@H](CO)C(=O)O. The summed E-state index contributed by atoms with van der Waals surface area (Å²) in [6.07, 6.45) is 1.80. The Morgan fingerprint density at radius 1 is 1.53 bits per heavy atom. The maximum Gasteiger partial charge on any atom is 0.328 e. The first-order chi connectivity index (χ1) is 7.13. The molecule has 3 N–H and O–H groups in total. The number of carboxylic acid groups (broad SMARTS) is 1. The zero-order valence-electron chi connectivity index (χ0n) is 8.31. The molecule has 1 fully saturated rings. The summed E-state index contributed by atoms with van der Waals surface area (Å²) in [5, 5.41) is 19.5. The van der Waals surface area contributed by atoms with Crippen LogP contribution in [0.25, 0.3) is 0 Å². The molecule has 6 heteroatoms. The van der Waals surface area contributed by atoms with Crippen LogP contribution in [-0.4, -0.2) is 47.4 Å². The lowest BCUT2D eigenvalue weighted by Crippen LogP contribution is -2.44. The number of hydrogen-bond acceptors (Lipinski definition) is 4. The number of aliphatic hydroxyl groups is 1. The Hall–Kier alpha value is -1.14. The molecule has 0 spiro atoms. The second kappa shape index (κ2) is 5.67. The third-order valence-corrected chi connectivity index (χ3v) is 2.25. The number of carboxylic acids is 1. The fraction of sp³-hybridized carbons (Fsp3) is 0.778. The third-order valence-electron chi connectivity index (χ3n) is 2.25. The molecule has 1 heterocycles. The first-order valence-electron chi connectivity index (χ1n) is 4.88. The van der Waals surface area contributed by atoms with E-state index in [0.29, 0.717) is 6.61 Å². The van der Waals surface area contributed by atoms with Crippen LogP contribution in [0.5, 0.6) is 0 Å². The lowest BCUT2D eigenvalue weighted by Gasteiger charge is -2.13. The standard InChI is InChI=1S/C9H15NO5/c11-5-7(9(13)14)10-8(12)4-6-2-1-3-15-6/h6-7,11H,1-5H2,(H,10,12)(H,13,14)/t6?,7-/m1/s1. The summed E-state index contributed by atoms with van der Waals surface area (Å²) >= 11 is 0. The number of aliphatic hydroxyl groups excluding tert-OH is 1. The van der Waals surface area contributed by atoms with E-state index in [0.717, 1.165) is 12.8 Å². The highest BCUT2D eigenvalue weighted by Crippen LogP contribution is 2.14. The van der Waals surface area contributed by atoms with Crippen LogP contribution in [0.3, 0.4) is 0 Å². The molecular weight excluding hydrogens is 202 g/mol. The van der Waals surface area contributed by atoms with Crippen LogP contribution in [0.15, 0.2) is 0 Å². The second-order valence-electron chi connectivity index (χ2n) is 3.48. The van der Waals surface area contributed by atoms with E-state index < -0.39 is 24.5 Å². The van der Waals surface area contributed by atoms with Crippen molar-refractivity contribution in [2.45, 2.75) is 31.4 Å². The van der Waals surface area contributed by atoms with Crippen molar-refractivity contribution in [3.8, 4) is 0 Å². The van der Waals surface area contributed by atoms with Crippen molar-refractivity contribution >= 4 is 11.9 Å². The van der Waals surface area contributed by atoms with E-state index in [2.05, 4.69) is 5.32 Å². The van der Waals surface area contributed by atoms with Crippen LogP contribution in [0.2, 0.25) is 0 Å². The van der Waals surface area contributed by atoms with E-state index >= 15 is 0 Å². The van der Waals surface area contributed by atoms with Crippen molar-refractivity contribution in [2.75, 3.05) is 13.2 Å². The number of nitrogens with one attached hydrogen (secondary N) is 1. The summed E-state index contributed by atoms with van der Waals surface area (Å²) in [6, 6.07) is -1.22. The van der Waals surface area contributed by atoms with Gasteiger partial charge in [-0.2, -0.15) is 0 Å². The number of aliphatic carboxylic acids is 1. The Balaban J connectivity index is 2.30. The third kappa shape index (κ3) is 3.85. The van der Waals surface area contributed by atoms with Crippen LogP contribution in [0.4, 0.5) is 0 Å². The number of rotatable bonds is 5. The number of ether oxygens (including phenoxy) is 1. The molecule has 1 aliphatic rings. The first kappa shape index (κ1) is 11.9. The molecule has 0 radical (unpaired) electrons. The van der Waals surface area contributed by atoms with E-state index in [9.17, 15) is 9.59 Å². The largest absolute Gasteiger partial charge is 0.480 e. The topological polar surface area (TPSA) is 95.9 Å². The molecule has 86 valence electrons. The molecule has 2 atom stereocenters. The van der Waals surface area contributed by atoms with Crippen LogP contribution in [0, 0.1) is 0 Å². The molecule has 1 rings (SSSR count). The van der Waals surface area contributed by atoms with Gasteiger partial charge < -0.3 is 20.3 Å². The Labute approximate surface area is 87.2 Å². The summed E-state index contributed by atoms with van der Waals surface area (Å²) in [7, 11) is 0. The van der Waals surface area contributed by atoms with Gasteiger partial charge in [0.2, 0.25) is 5.91 Å². The van der Waals surface area contributed by atoms with Gasteiger partial charge >= 0.3 is 5.97 Å². The van der Waals surface area contributed by atoms with Crippen molar-refractivity contribution in [3.05, 3.63) is 0 Å². The molecule has 1 saturated heterocycles. The molecule has 15 heavy (non-hydrogen) atoms. The minimum atomic E-state index is -1.24. The van der Waals surface area contributed by atoms with Gasteiger partial charge in [0, 0.05) is 6.61 Å². The quantitative estimate of drug-likeness (QED) is 0.555. The molecule has 0 saturated carbocycles. The Morgan fingerprint density at radius 2 is 2.27 bits per heavy atom. The van der Waals surface area contributed by atoms with Gasteiger partial charge in [-0.1, -0.05) is 0 Å². The Kier molecular flexibility index (Phi) is 4.51. The van der Waals surface area contributed by atoms with Crippen LogP contribution < -0.4 is 5.32 Å².